The molecule has 1 heterocycles. The molecule has 1 amide bonds. The van der Waals surface area contributed by atoms with Crippen LogP contribution in [-0.4, -0.2) is 28.4 Å². The van der Waals surface area contributed by atoms with Crippen molar-refractivity contribution in [3.8, 4) is 5.75 Å². The molecule has 0 aliphatic carbocycles. The minimum Gasteiger partial charge on any atom is -0.497 e. The molecule has 3 N–H and O–H groups in total. The first-order valence-electron chi connectivity index (χ1n) is 10.2. The van der Waals surface area contributed by atoms with Crippen molar-refractivity contribution in [1.82, 2.24) is 4.98 Å². The number of fused-ring (bicyclic) bond motifs is 1. The van der Waals surface area contributed by atoms with Crippen molar-refractivity contribution in [2.45, 2.75) is 17.1 Å². The van der Waals surface area contributed by atoms with Gasteiger partial charge in [-0.2, -0.15) is 0 Å². The summed E-state index contributed by atoms with van der Waals surface area (Å²) in [7, 11) is 1.63. The lowest BCUT2D eigenvalue weighted by atomic mass is 10.3. The van der Waals surface area contributed by atoms with E-state index in [1.807, 2.05) is 79.7 Å². The van der Waals surface area contributed by atoms with Crippen molar-refractivity contribution < 1.29 is 9.53 Å². The van der Waals surface area contributed by atoms with E-state index in [1.54, 1.807) is 7.11 Å². The molecule has 9 heteroatoms. The van der Waals surface area contributed by atoms with Gasteiger partial charge >= 0.3 is 0 Å². The lowest BCUT2D eigenvalue weighted by molar-refractivity contribution is -0.115. The lowest BCUT2D eigenvalue weighted by Gasteiger charge is -2.12. The molecule has 0 aliphatic heterocycles. The van der Waals surface area contributed by atoms with Crippen LogP contribution in [0, 0.1) is 0 Å². The predicted octanol–water partition coefficient (Wildman–Crippen LogP) is 6.23. The zero-order valence-corrected chi connectivity index (χ0v) is 20.4. The number of para-hydroxylation sites is 1. The third-order valence-corrected chi connectivity index (χ3v) is 6.90. The molecule has 0 saturated carbocycles. The molecule has 0 aliphatic rings. The Balaban J connectivity index is 1.31. The highest BCUT2D eigenvalue weighted by Gasteiger charge is 2.17. The van der Waals surface area contributed by atoms with Gasteiger partial charge in [-0.1, -0.05) is 29.5 Å². The number of amides is 1. The molecule has 33 heavy (non-hydrogen) atoms. The molecule has 1 atom stereocenters. The first kappa shape index (κ1) is 23.0. The smallest absolute Gasteiger partial charge is 0.239 e. The van der Waals surface area contributed by atoms with Crippen LogP contribution in [0.5, 0.6) is 5.75 Å². The number of thioether (sulfide) groups is 1. The van der Waals surface area contributed by atoms with E-state index < -0.39 is 0 Å². The molecule has 168 valence electrons. The Bertz CT molecular complexity index is 1260. The number of hydrogen-bond donors (Lipinski definition) is 3. The number of thiazole rings is 1. The Hall–Kier alpha value is -3.14. The quantitative estimate of drug-likeness (QED) is 0.208. The van der Waals surface area contributed by atoms with Crippen molar-refractivity contribution >= 4 is 73.1 Å². The minimum atomic E-state index is -0.286. The Morgan fingerprint density at radius 3 is 2.39 bits per heavy atom. The normalized spacial score (nSPS) is 11.6. The number of hydrogen-bond acceptors (Lipinski definition) is 6. The van der Waals surface area contributed by atoms with Gasteiger partial charge in [-0.05, 0) is 73.7 Å². The van der Waals surface area contributed by atoms with Gasteiger partial charge in [0.1, 0.15) is 5.75 Å². The Kier molecular flexibility index (Phi) is 7.43. The van der Waals surface area contributed by atoms with Crippen LogP contribution >= 0.6 is 35.3 Å². The molecule has 0 bridgehead atoms. The Morgan fingerprint density at radius 1 is 1.00 bits per heavy atom. The minimum absolute atomic E-state index is 0.0959. The number of methoxy groups -OCH3 is 1. The zero-order chi connectivity index (χ0) is 23.2. The number of ether oxygens (including phenoxy) is 1. The first-order chi connectivity index (χ1) is 16.0. The van der Waals surface area contributed by atoms with E-state index in [2.05, 4.69) is 20.9 Å². The molecule has 0 radical (unpaired) electrons. The molecule has 1 unspecified atom stereocenters. The van der Waals surface area contributed by atoms with Gasteiger partial charge in [0.2, 0.25) is 5.91 Å². The number of nitrogens with zero attached hydrogens (tertiary/aromatic N) is 1. The highest BCUT2D eigenvalue weighted by Crippen LogP contribution is 2.30. The monoisotopic (exact) mass is 494 g/mol. The van der Waals surface area contributed by atoms with Crippen molar-refractivity contribution in [2.75, 3.05) is 23.1 Å². The number of rotatable bonds is 7. The summed E-state index contributed by atoms with van der Waals surface area (Å²) >= 11 is 8.27. The summed E-state index contributed by atoms with van der Waals surface area (Å²) in [4.78, 5) is 18.1. The van der Waals surface area contributed by atoms with Crippen molar-refractivity contribution in [2.24, 2.45) is 0 Å². The van der Waals surface area contributed by atoms with E-state index in [-0.39, 0.29) is 11.2 Å². The van der Waals surface area contributed by atoms with Crippen LogP contribution in [-0.2, 0) is 4.79 Å². The van der Waals surface area contributed by atoms with Gasteiger partial charge in [0.15, 0.2) is 10.2 Å². The third kappa shape index (κ3) is 6.22. The van der Waals surface area contributed by atoms with E-state index in [0.29, 0.717) is 10.2 Å². The van der Waals surface area contributed by atoms with E-state index >= 15 is 0 Å². The number of nitrogens with one attached hydrogen (secondary N) is 3. The van der Waals surface area contributed by atoms with Crippen LogP contribution in [0.15, 0.2) is 77.7 Å². The summed E-state index contributed by atoms with van der Waals surface area (Å²) in [6.45, 7) is 1.88. The molecular weight excluding hydrogens is 472 g/mol. The van der Waals surface area contributed by atoms with Crippen molar-refractivity contribution in [3.63, 3.8) is 0 Å². The standard InChI is InChI=1S/C24H22N4O2S3/c1-15(22(29)28-24-27-20-13-10-18(30-2)14-21(20)33-24)32-19-11-8-17(9-12-19)26-23(31)25-16-6-4-3-5-7-16/h3-15H,1-2H3,(H2,25,26,31)(H,27,28,29). The van der Waals surface area contributed by atoms with Crippen LogP contribution in [0.4, 0.5) is 16.5 Å². The van der Waals surface area contributed by atoms with E-state index in [1.165, 1.54) is 23.1 Å². The van der Waals surface area contributed by atoms with E-state index in [0.717, 1.165) is 32.2 Å². The first-order valence-corrected chi connectivity index (χ1v) is 12.3. The maximum Gasteiger partial charge on any atom is 0.239 e. The average molecular weight is 495 g/mol. The highest BCUT2D eigenvalue weighted by molar-refractivity contribution is 8.00. The van der Waals surface area contributed by atoms with Crippen LogP contribution < -0.4 is 20.7 Å². The second kappa shape index (κ2) is 10.7. The van der Waals surface area contributed by atoms with E-state index in [4.69, 9.17) is 17.0 Å². The number of thiocarbonyl (C=S) groups is 1. The van der Waals surface area contributed by atoms with Gasteiger partial charge in [0.25, 0.3) is 0 Å². The summed E-state index contributed by atoms with van der Waals surface area (Å²) in [5.41, 5.74) is 2.63. The maximum atomic E-state index is 12.7. The maximum absolute atomic E-state index is 12.7. The lowest BCUT2D eigenvalue weighted by Crippen LogP contribution is -2.22. The highest BCUT2D eigenvalue weighted by atomic mass is 32.2. The average Bonchev–Trinajstić information content (AvgIpc) is 3.22. The molecule has 4 aromatic rings. The van der Waals surface area contributed by atoms with Crippen molar-refractivity contribution in [1.29, 1.82) is 0 Å². The summed E-state index contributed by atoms with van der Waals surface area (Å²) < 4.78 is 6.21. The summed E-state index contributed by atoms with van der Waals surface area (Å²) in [6, 6.07) is 23.2. The van der Waals surface area contributed by atoms with Gasteiger partial charge in [-0.25, -0.2) is 4.98 Å². The van der Waals surface area contributed by atoms with Crippen LogP contribution in [0.2, 0.25) is 0 Å². The van der Waals surface area contributed by atoms with Gasteiger partial charge in [-0.3, -0.25) is 4.79 Å². The Morgan fingerprint density at radius 2 is 1.70 bits per heavy atom. The molecular formula is C24H22N4O2S3. The van der Waals surface area contributed by atoms with Crippen LogP contribution in [0.25, 0.3) is 10.2 Å². The molecule has 0 spiro atoms. The fourth-order valence-corrected chi connectivity index (χ4v) is 4.98. The molecule has 1 aromatic heterocycles. The fraction of sp³-hybridized carbons (Fsp3) is 0.125. The van der Waals surface area contributed by atoms with E-state index in [9.17, 15) is 4.79 Å². The van der Waals surface area contributed by atoms with Gasteiger partial charge in [0.05, 0.1) is 22.6 Å². The van der Waals surface area contributed by atoms with Crippen molar-refractivity contribution in [3.05, 3.63) is 72.8 Å². The number of carbonyl (C=O) groups is 1. The number of carbonyl (C=O) groups excluding carboxylic acids is 1. The number of aromatic nitrogens is 1. The second-order valence-corrected chi connectivity index (χ2v) is 9.92. The topological polar surface area (TPSA) is 75.3 Å². The molecule has 0 saturated heterocycles. The molecule has 0 fully saturated rings. The van der Waals surface area contributed by atoms with Gasteiger partial charge in [0, 0.05) is 16.3 Å². The molecule has 6 nitrogen and oxygen atoms in total. The summed E-state index contributed by atoms with van der Waals surface area (Å²) in [6.07, 6.45) is 0. The zero-order valence-electron chi connectivity index (χ0n) is 18.0. The van der Waals surface area contributed by atoms with Crippen LogP contribution in [0.1, 0.15) is 6.92 Å². The number of anilines is 3. The largest absolute Gasteiger partial charge is 0.497 e. The SMILES string of the molecule is COc1ccc2nc(NC(=O)C(C)Sc3ccc(NC(=S)Nc4ccccc4)cc3)sc2c1. The summed E-state index contributed by atoms with van der Waals surface area (Å²) in [5, 5.41) is 10.0. The van der Waals surface area contributed by atoms with Gasteiger partial charge < -0.3 is 20.7 Å². The number of benzene rings is 3. The molecule has 4 rings (SSSR count). The Labute approximate surface area is 205 Å². The third-order valence-electron chi connectivity index (χ3n) is 4.65. The van der Waals surface area contributed by atoms with Crippen LogP contribution in [0.3, 0.4) is 0 Å². The summed E-state index contributed by atoms with van der Waals surface area (Å²) in [5.74, 6) is 0.670. The van der Waals surface area contributed by atoms with Gasteiger partial charge in [-0.15, -0.1) is 11.8 Å². The second-order valence-electron chi connectivity index (χ2n) is 7.07. The fourth-order valence-electron chi connectivity index (χ4n) is 2.98. The molecule has 3 aromatic carbocycles. The predicted molar refractivity (Wildman–Crippen MR) is 143 cm³/mol.